The van der Waals surface area contributed by atoms with E-state index >= 15 is 0 Å². The Balaban J connectivity index is 0.00000408. The first-order valence-corrected chi connectivity index (χ1v) is 11.1. The number of aromatic nitrogens is 2. The van der Waals surface area contributed by atoms with E-state index in [4.69, 9.17) is 26.3 Å². The molecule has 2 heterocycles. The van der Waals surface area contributed by atoms with E-state index < -0.39 is 6.03 Å². The third-order valence-electron chi connectivity index (χ3n) is 5.15. The predicted octanol–water partition coefficient (Wildman–Crippen LogP) is 2.93. The monoisotopic (exact) mass is 509 g/mol. The molecule has 0 spiro atoms. The summed E-state index contributed by atoms with van der Waals surface area (Å²) in [5.74, 6) is 0.710. The molecule has 1 aliphatic heterocycles. The summed E-state index contributed by atoms with van der Waals surface area (Å²) in [7, 11) is 1.53. The predicted molar refractivity (Wildman–Crippen MR) is 133 cm³/mol. The van der Waals surface area contributed by atoms with Crippen molar-refractivity contribution in [3.05, 3.63) is 40.8 Å². The SMILES string of the molecule is COc1cc(CCN[C@H](C)CN2CCOCC2)c(Cl)cc1NC(=O)Nc1cnc(C#N)cn1.Cl. The number of ether oxygens (including phenoxy) is 2. The molecule has 1 aromatic carbocycles. The number of carbonyl (C=O) groups excluding carboxylic acids is 1. The number of hydrogen-bond acceptors (Lipinski definition) is 8. The summed E-state index contributed by atoms with van der Waals surface area (Å²) in [5.41, 5.74) is 1.51. The van der Waals surface area contributed by atoms with Gasteiger partial charge in [-0.15, -0.1) is 12.4 Å². The molecule has 1 atom stereocenters. The molecule has 3 N–H and O–H groups in total. The fourth-order valence-corrected chi connectivity index (χ4v) is 3.72. The van der Waals surface area contributed by atoms with Crippen LogP contribution in [-0.2, 0) is 11.2 Å². The van der Waals surface area contributed by atoms with Gasteiger partial charge < -0.3 is 20.1 Å². The van der Waals surface area contributed by atoms with Gasteiger partial charge in [0.15, 0.2) is 11.5 Å². The number of urea groups is 1. The van der Waals surface area contributed by atoms with Crippen LogP contribution in [0.3, 0.4) is 0 Å². The standard InChI is InChI=1S/C22H28ClN7O3.ClH/c1-15(14-30-5-7-33-8-6-30)25-4-3-16-9-20(32-2)19(10-18(16)23)28-22(31)29-21-13-26-17(11-24)12-27-21;/h9-10,12-13,15,25H,3-8,14H2,1-2H3,(H2,27,28,29,31);1H/t15-;/m1./s1. The normalized spacial score (nSPS) is 14.4. The zero-order chi connectivity index (χ0) is 23.6. The second-order valence-corrected chi connectivity index (χ2v) is 8.05. The van der Waals surface area contributed by atoms with E-state index in [-0.39, 0.29) is 23.9 Å². The van der Waals surface area contributed by atoms with Crippen molar-refractivity contribution in [1.29, 1.82) is 5.26 Å². The smallest absolute Gasteiger partial charge is 0.325 e. The maximum atomic E-state index is 12.3. The van der Waals surface area contributed by atoms with Crippen LogP contribution in [0.1, 0.15) is 18.2 Å². The third kappa shape index (κ3) is 8.27. The highest BCUT2D eigenvalue weighted by Gasteiger charge is 2.15. The average Bonchev–Trinajstić information content (AvgIpc) is 2.81. The Kier molecular flexibility index (Phi) is 11.3. The molecule has 1 fully saturated rings. The van der Waals surface area contributed by atoms with Crippen molar-refractivity contribution >= 4 is 41.5 Å². The van der Waals surface area contributed by atoms with E-state index in [1.807, 2.05) is 12.1 Å². The Morgan fingerprint density at radius 1 is 1.29 bits per heavy atom. The molecule has 12 heteroatoms. The van der Waals surface area contributed by atoms with Crippen molar-refractivity contribution in [1.82, 2.24) is 20.2 Å². The topological polar surface area (TPSA) is 124 Å². The van der Waals surface area contributed by atoms with E-state index in [0.29, 0.717) is 22.5 Å². The molecule has 1 aromatic heterocycles. The third-order valence-corrected chi connectivity index (χ3v) is 5.50. The fraction of sp³-hybridized carbons (Fsp3) is 0.455. The van der Waals surface area contributed by atoms with Crippen molar-refractivity contribution in [3.8, 4) is 11.8 Å². The molecular formula is C22H29Cl2N7O3. The molecule has 34 heavy (non-hydrogen) atoms. The second kappa shape index (κ2) is 13.9. The number of hydrogen-bond donors (Lipinski definition) is 3. The molecule has 0 radical (unpaired) electrons. The number of rotatable bonds is 9. The van der Waals surface area contributed by atoms with Crippen molar-refractivity contribution in [2.24, 2.45) is 0 Å². The maximum absolute atomic E-state index is 12.3. The van der Waals surface area contributed by atoms with Crippen molar-refractivity contribution in [3.63, 3.8) is 0 Å². The number of amides is 2. The zero-order valence-electron chi connectivity index (χ0n) is 19.1. The summed E-state index contributed by atoms with van der Waals surface area (Å²) in [6.45, 7) is 7.43. The lowest BCUT2D eigenvalue weighted by Crippen LogP contribution is -2.44. The zero-order valence-corrected chi connectivity index (χ0v) is 20.7. The summed E-state index contributed by atoms with van der Waals surface area (Å²) >= 11 is 6.48. The van der Waals surface area contributed by atoms with Gasteiger partial charge in [0.25, 0.3) is 0 Å². The summed E-state index contributed by atoms with van der Waals surface area (Å²) in [6.07, 6.45) is 3.30. The molecule has 1 saturated heterocycles. The Morgan fingerprint density at radius 3 is 2.71 bits per heavy atom. The van der Waals surface area contributed by atoms with Gasteiger partial charge in [0.2, 0.25) is 0 Å². The number of nitriles is 1. The number of benzene rings is 1. The Bertz CT molecular complexity index is 980. The number of morpholine rings is 1. The van der Waals surface area contributed by atoms with E-state index in [9.17, 15) is 4.79 Å². The Labute approximate surface area is 210 Å². The van der Waals surface area contributed by atoms with Crippen LogP contribution < -0.4 is 20.7 Å². The minimum atomic E-state index is -0.533. The lowest BCUT2D eigenvalue weighted by molar-refractivity contribution is 0.0344. The molecule has 2 aromatic rings. The average molecular weight is 510 g/mol. The molecule has 0 aliphatic carbocycles. The largest absolute Gasteiger partial charge is 0.495 e. The number of nitrogens with zero attached hydrogens (tertiary/aromatic N) is 4. The van der Waals surface area contributed by atoms with Gasteiger partial charge in [-0.2, -0.15) is 5.26 Å². The summed E-state index contributed by atoms with van der Waals surface area (Å²) < 4.78 is 10.8. The number of carbonyl (C=O) groups is 1. The minimum absolute atomic E-state index is 0. The Morgan fingerprint density at radius 2 is 2.06 bits per heavy atom. The van der Waals surface area contributed by atoms with Crippen LogP contribution in [0, 0.1) is 11.3 Å². The van der Waals surface area contributed by atoms with E-state index in [2.05, 4.69) is 37.7 Å². The summed E-state index contributed by atoms with van der Waals surface area (Å²) in [5, 5.41) is 18.1. The van der Waals surface area contributed by atoms with Gasteiger partial charge in [0, 0.05) is 30.7 Å². The van der Waals surface area contributed by atoms with Gasteiger partial charge >= 0.3 is 6.03 Å². The molecule has 1 aliphatic rings. The van der Waals surface area contributed by atoms with Gasteiger partial charge in [-0.3, -0.25) is 10.2 Å². The summed E-state index contributed by atoms with van der Waals surface area (Å²) in [4.78, 5) is 22.6. The molecule has 10 nitrogen and oxygen atoms in total. The van der Waals surface area contributed by atoms with Crippen molar-refractivity contribution in [2.75, 3.05) is 57.1 Å². The molecule has 184 valence electrons. The number of methoxy groups -OCH3 is 1. The van der Waals surface area contributed by atoms with Gasteiger partial charge in [0.05, 0.1) is 38.4 Å². The first-order valence-electron chi connectivity index (χ1n) is 10.7. The lowest BCUT2D eigenvalue weighted by atomic mass is 10.1. The van der Waals surface area contributed by atoms with Crippen LogP contribution in [-0.4, -0.2) is 73.4 Å². The van der Waals surface area contributed by atoms with E-state index in [0.717, 1.165) is 51.4 Å². The van der Waals surface area contributed by atoms with Crippen molar-refractivity contribution in [2.45, 2.75) is 19.4 Å². The highest BCUT2D eigenvalue weighted by molar-refractivity contribution is 6.31. The first kappa shape index (κ1) is 27.6. The molecule has 0 saturated carbocycles. The highest BCUT2D eigenvalue weighted by atomic mass is 35.5. The van der Waals surface area contributed by atoms with Crippen LogP contribution in [0.5, 0.6) is 5.75 Å². The highest BCUT2D eigenvalue weighted by Crippen LogP contribution is 2.31. The van der Waals surface area contributed by atoms with Crippen molar-refractivity contribution < 1.29 is 14.3 Å². The number of anilines is 2. The Hall–Kier alpha value is -2.68. The van der Waals surface area contributed by atoms with Gasteiger partial charge in [-0.1, -0.05) is 11.6 Å². The minimum Gasteiger partial charge on any atom is -0.495 e. The second-order valence-electron chi connectivity index (χ2n) is 7.64. The molecular weight excluding hydrogens is 481 g/mol. The van der Waals surface area contributed by atoms with Crippen LogP contribution in [0.4, 0.5) is 16.3 Å². The number of halogens is 2. The van der Waals surface area contributed by atoms with E-state index in [1.165, 1.54) is 19.5 Å². The maximum Gasteiger partial charge on any atom is 0.325 e. The van der Waals surface area contributed by atoms with Crippen LogP contribution in [0.2, 0.25) is 5.02 Å². The van der Waals surface area contributed by atoms with Crippen LogP contribution in [0.25, 0.3) is 0 Å². The molecule has 0 unspecified atom stereocenters. The summed E-state index contributed by atoms with van der Waals surface area (Å²) in [6, 6.07) is 5.17. The van der Waals surface area contributed by atoms with Gasteiger partial charge in [-0.05, 0) is 37.6 Å². The lowest BCUT2D eigenvalue weighted by Gasteiger charge is -2.29. The molecule has 2 amide bonds. The number of nitrogens with one attached hydrogen (secondary N) is 3. The van der Waals surface area contributed by atoms with E-state index in [1.54, 1.807) is 6.07 Å². The van der Waals surface area contributed by atoms with Gasteiger partial charge in [0.1, 0.15) is 11.8 Å². The molecule has 0 bridgehead atoms. The quantitative estimate of drug-likeness (QED) is 0.471. The van der Waals surface area contributed by atoms with Crippen LogP contribution >= 0.6 is 24.0 Å². The molecule has 3 rings (SSSR count). The van der Waals surface area contributed by atoms with Crippen LogP contribution in [0.15, 0.2) is 24.5 Å². The van der Waals surface area contributed by atoms with Gasteiger partial charge in [-0.25, -0.2) is 14.8 Å². The first-order chi connectivity index (χ1) is 16.0. The fourth-order valence-electron chi connectivity index (χ4n) is 3.46.